The van der Waals surface area contributed by atoms with Crippen molar-refractivity contribution in [2.45, 2.75) is 70.1 Å². The number of hydrogen-bond acceptors (Lipinski definition) is 7. The number of ether oxygens (including phenoxy) is 4. The summed E-state index contributed by atoms with van der Waals surface area (Å²) in [6, 6.07) is 18.1. The smallest absolute Gasteiger partial charge is 0.124 e. The Morgan fingerprint density at radius 3 is 1.73 bits per heavy atom. The first-order chi connectivity index (χ1) is 19.7. The summed E-state index contributed by atoms with van der Waals surface area (Å²) < 4.78 is 56.0. The Morgan fingerprint density at radius 1 is 0.707 bits per heavy atom. The van der Waals surface area contributed by atoms with E-state index in [9.17, 15) is 13.0 Å². The van der Waals surface area contributed by atoms with Gasteiger partial charge in [0.15, 0.2) is 0 Å². The second-order valence-corrected chi connectivity index (χ2v) is 13.7. The fourth-order valence-electron chi connectivity index (χ4n) is 3.89. The van der Waals surface area contributed by atoms with Crippen LogP contribution in [0.2, 0.25) is 0 Å². The third-order valence-corrected chi connectivity index (χ3v) is 10.0. The summed E-state index contributed by atoms with van der Waals surface area (Å²) in [5, 5.41) is 0. The van der Waals surface area contributed by atoms with Gasteiger partial charge in [0.25, 0.3) is 0 Å². The molecule has 0 aliphatic rings. The Kier molecular flexibility index (Phi) is 15.9. The van der Waals surface area contributed by atoms with Gasteiger partial charge in [-0.25, -0.2) is 8.42 Å². The molecule has 3 aromatic carbocycles. The fourth-order valence-corrected chi connectivity index (χ4v) is 6.98. The largest absolute Gasteiger partial charge is 0.744 e. The van der Waals surface area contributed by atoms with E-state index in [4.69, 9.17) is 18.9 Å². The van der Waals surface area contributed by atoms with Crippen LogP contribution in [0.4, 0.5) is 0 Å². The zero-order valence-electron chi connectivity index (χ0n) is 24.8. The van der Waals surface area contributed by atoms with Gasteiger partial charge < -0.3 is 4.55 Å². The molecule has 0 saturated carbocycles. The molecule has 0 aliphatic carbocycles. The number of aryl methyl sites for hydroxylation is 1. The topological polar surface area (TPSA) is 94.1 Å². The molecule has 3 aromatic rings. The number of rotatable bonds is 16. The summed E-state index contributed by atoms with van der Waals surface area (Å²) in [6.45, 7) is 4.88. The maximum atomic E-state index is 10.4. The average molecular weight is 699 g/mol. The van der Waals surface area contributed by atoms with E-state index in [-0.39, 0.29) is 4.90 Å². The van der Waals surface area contributed by atoms with Crippen molar-refractivity contribution in [2.24, 2.45) is 0 Å². The zero-order valence-corrected chi connectivity index (χ0v) is 27.8. The van der Waals surface area contributed by atoms with Crippen LogP contribution in [0, 0.1) is 14.1 Å². The normalized spacial score (nSPS) is 11.0. The summed E-state index contributed by atoms with van der Waals surface area (Å²) >= 11 is -0.448. The quantitative estimate of drug-likeness (QED) is 0.126. The van der Waals surface area contributed by atoms with Gasteiger partial charge in [-0.3, -0.25) is 0 Å². The van der Waals surface area contributed by atoms with Crippen molar-refractivity contribution in [1.29, 1.82) is 0 Å². The molecule has 0 amide bonds. The van der Waals surface area contributed by atoms with E-state index >= 15 is 0 Å². The van der Waals surface area contributed by atoms with E-state index in [1.54, 1.807) is 33.5 Å². The number of benzene rings is 3. The third-order valence-electron chi connectivity index (χ3n) is 6.25. The Hall–Kier alpha value is -2.50. The molecule has 0 aromatic heterocycles. The van der Waals surface area contributed by atoms with Gasteiger partial charge in [0.1, 0.15) is 10.1 Å². The SMILES string of the molecule is CCCCCCCCCCOc1ccc([I-]c2c(OC)cc(OC)cc2OC)cc1.Cc1ccc(S(=O)(=O)[O-])cc1. The molecular formula is C32H43IO7S-2. The zero-order chi connectivity index (χ0) is 30.1. The van der Waals surface area contributed by atoms with Gasteiger partial charge in [0, 0.05) is 0 Å². The molecule has 0 bridgehead atoms. The predicted molar refractivity (Wildman–Crippen MR) is 157 cm³/mol. The molecule has 0 spiro atoms. The first-order valence-electron chi connectivity index (χ1n) is 13.9. The second-order valence-electron chi connectivity index (χ2n) is 9.48. The van der Waals surface area contributed by atoms with Gasteiger partial charge in [-0.1, -0.05) is 37.5 Å². The standard InChI is InChI=1S/C25H36IO4.C7H8O3S/c1-5-6-7-8-9-10-11-12-17-30-21-15-13-20(14-16-21)26-25-23(28-3)18-22(27-2)19-24(25)29-4;1-6-2-4-7(5-3-6)11(8,9)10/h13-16,18-19H,5-12,17H2,1-4H3;2-5H,1H3,(H,8,9,10)/q-1;/p-1. The molecule has 0 saturated heterocycles. The minimum absolute atomic E-state index is 0.178. The van der Waals surface area contributed by atoms with E-state index in [0.717, 1.165) is 45.2 Å². The Bertz CT molecular complexity index is 1240. The molecule has 0 aliphatic heterocycles. The van der Waals surface area contributed by atoms with Crippen LogP contribution < -0.4 is 40.2 Å². The number of methoxy groups -OCH3 is 3. The van der Waals surface area contributed by atoms with Gasteiger partial charge in [0.05, 0.1) is 4.90 Å². The monoisotopic (exact) mass is 698 g/mol. The maximum absolute atomic E-state index is 10.4. The van der Waals surface area contributed by atoms with E-state index in [2.05, 4.69) is 31.2 Å². The molecule has 0 unspecified atom stereocenters. The van der Waals surface area contributed by atoms with Crippen molar-refractivity contribution in [2.75, 3.05) is 27.9 Å². The Labute approximate surface area is 256 Å². The molecule has 3 rings (SSSR count). The van der Waals surface area contributed by atoms with Crippen LogP contribution in [0.3, 0.4) is 0 Å². The van der Waals surface area contributed by atoms with Crippen LogP contribution in [0.5, 0.6) is 23.0 Å². The first-order valence-corrected chi connectivity index (χ1v) is 17.5. The summed E-state index contributed by atoms with van der Waals surface area (Å²) in [5.74, 6) is 3.31. The summed E-state index contributed by atoms with van der Waals surface area (Å²) in [7, 11) is 0.747. The fraction of sp³-hybridized carbons (Fsp3) is 0.438. The van der Waals surface area contributed by atoms with Gasteiger partial charge in [-0.2, -0.15) is 0 Å². The molecule has 41 heavy (non-hydrogen) atoms. The molecule has 0 atom stereocenters. The van der Waals surface area contributed by atoms with Crippen LogP contribution in [-0.4, -0.2) is 40.9 Å². The van der Waals surface area contributed by atoms with Crippen LogP contribution in [-0.2, 0) is 10.1 Å². The summed E-state index contributed by atoms with van der Waals surface area (Å²) in [4.78, 5) is -0.178. The molecule has 9 heteroatoms. The summed E-state index contributed by atoms with van der Waals surface area (Å²) in [6.07, 6.45) is 10.5. The molecule has 228 valence electrons. The van der Waals surface area contributed by atoms with Crippen molar-refractivity contribution in [3.05, 3.63) is 73.4 Å². The van der Waals surface area contributed by atoms with Gasteiger partial charge in [-0.05, 0) is 19.1 Å². The van der Waals surface area contributed by atoms with E-state index in [1.165, 1.54) is 60.6 Å². The van der Waals surface area contributed by atoms with Crippen molar-refractivity contribution < 1.29 is 53.1 Å². The molecule has 0 N–H and O–H groups in total. The molecule has 7 nitrogen and oxygen atoms in total. The minimum atomic E-state index is -4.27. The first kappa shape index (κ1) is 34.7. The van der Waals surface area contributed by atoms with Crippen LogP contribution in [0.15, 0.2) is 65.6 Å². The van der Waals surface area contributed by atoms with Crippen molar-refractivity contribution in [3.8, 4) is 23.0 Å². The second kappa shape index (κ2) is 18.8. The number of unbranched alkanes of at least 4 members (excludes halogenated alkanes) is 7. The Morgan fingerprint density at radius 2 is 1.24 bits per heavy atom. The summed E-state index contributed by atoms with van der Waals surface area (Å²) in [5.41, 5.74) is 0.928. The average Bonchev–Trinajstić information content (AvgIpc) is 2.97. The Balaban J connectivity index is 0.000000446. The van der Waals surface area contributed by atoms with Crippen LogP contribution in [0.1, 0.15) is 63.9 Å². The van der Waals surface area contributed by atoms with Gasteiger partial charge in [-0.15, -0.1) is 0 Å². The van der Waals surface area contributed by atoms with Gasteiger partial charge in [0.2, 0.25) is 0 Å². The molecule has 0 radical (unpaired) electrons. The van der Waals surface area contributed by atoms with Crippen molar-refractivity contribution in [3.63, 3.8) is 0 Å². The van der Waals surface area contributed by atoms with E-state index in [1.807, 2.05) is 19.1 Å². The van der Waals surface area contributed by atoms with Crippen LogP contribution in [0.25, 0.3) is 0 Å². The molecular weight excluding hydrogens is 655 g/mol. The minimum Gasteiger partial charge on any atom is -0.744 e. The van der Waals surface area contributed by atoms with Gasteiger partial charge >= 0.3 is 173 Å². The van der Waals surface area contributed by atoms with E-state index in [0.29, 0.717) is 0 Å². The van der Waals surface area contributed by atoms with E-state index < -0.39 is 31.3 Å². The maximum Gasteiger partial charge on any atom is 0.124 e. The van der Waals surface area contributed by atoms with Crippen LogP contribution >= 0.6 is 0 Å². The predicted octanol–water partition coefficient (Wildman–Crippen LogP) is 4.26. The third kappa shape index (κ3) is 12.9. The van der Waals surface area contributed by atoms with Crippen molar-refractivity contribution in [1.82, 2.24) is 0 Å². The molecule has 0 heterocycles. The van der Waals surface area contributed by atoms with Crippen molar-refractivity contribution >= 4 is 10.1 Å². The molecule has 0 fully saturated rings. The number of halogens is 1. The number of hydrogen-bond donors (Lipinski definition) is 0.